The van der Waals surface area contributed by atoms with Gasteiger partial charge in [-0.1, -0.05) is 43.7 Å². The van der Waals surface area contributed by atoms with Gasteiger partial charge in [-0.25, -0.2) is 4.98 Å². The third kappa shape index (κ3) is 2.90. The fourth-order valence-corrected chi connectivity index (χ4v) is 2.91. The van der Waals surface area contributed by atoms with E-state index in [0.717, 1.165) is 37.6 Å². The van der Waals surface area contributed by atoms with E-state index in [1.807, 2.05) is 0 Å². The third-order valence-corrected chi connectivity index (χ3v) is 4.02. The average molecular weight is 270 g/mol. The van der Waals surface area contributed by atoms with Crippen LogP contribution in [0.1, 0.15) is 49.4 Å². The van der Waals surface area contributed by atoms with Crippen LogP contribution >= 0.6 is 0 Å². The maximum Gasteiger partial charge on any atom is 0.167 e. The summed E-state index contributed by atoms with van der Waals surface area (Å²) in [5.74, 6) is 1.96. The maximum absolute atomic E-state index is 4.64. The van der Waals surface area contributed by atoms with Crippen LogP contribution < -0.4 is 0 Å². The molecule has 0 saturated carbocycles. The molecule has 3 rings (SSSR count). The van der Waals surface area contributed by atoms with E-state index in [1.54, 1.807) is 0 Å². The number of H-pyrrole nitrogens is 1. The van der Waals surface area contributed by atoms with Crippen LogP contribution in [0, 0.1) is 0 Å². The van der Waals surface area contributed by atoms with E-state index in [9.17, 15) is 0 Å². The molecule has 20 heavy (non-hydrogen) atoms. The van der Waals surface area contributed by atoms with Crippen molar-refractivity contribution in [2.24, 2.45) is 0 Å². The zero-order valence-electron chi connectivity index (χ0n) is 12.0. The van der Waals surface area contributed by atoms with Gasteiger partial charge in [0.25, 0.3) is 0 Å². The zero-order chi connectivity index (χ0) is 13.8. The fraction of sp³-hybridized carbons (Fsp3) is 0.500. The predicted octanol–water partition coefficient (Wildman–Crippen LogP) is 3.09. The second-order valence-corrected chi connectivity index (χ2v) is 5.46. The summed E-state index contributed by atoms with van der Waals surface area (Å²) < 4.78 is 0. The smallest absolute Gasteiger partial charge is 0.167 e. The Morgan fingerprint density at radius 3 is 2.85 bits per heavy atom. The summed E-state index contributed by atoms with van der Waals surface area (Å²) in [6.45, 7) is 4.23. The maximum atomic E-state index is 4.64. The molecule has 1 aliphatic rings. The molecule has 1 fully saturated rings. The molecule has 2 aromatic rings. The van der Waals surface area contributed by atoms with E-state index >= 15 is 0 Å². The van der Waals surface area contributed by atoms with Crippen molar-refractivity contribution >= 4 is 0 Å². The highest BCUT2D eigenvalue weighted by atomic mass is 15.3. The van der Waals surface area contributed by atoms with Crippen molar-refractivity contribution in [3.8, 4) is 0 Å². The Morgan fingerprint density at radius 2 is 2.10 bits per heavy atom. The van der Waals surface area contributed by atoms with E-state index in [-0.39, 0.29) is 0 Å². The van der Waals surface area contributed by atoms with Crippen LogP contribution in [0.5, 0.6) is 0 Å². The molecule has 4 heteroatoms. The van der Waals surface area contributed by atoms with Gasteiger partial charge in [-0.3, -0.25) is 10.00 Å². The largest absolute Gasteiger partial charge is 0.289 e. The first-order chi connectivity index (χ1) is 9.86. The molecule has 4 nitrogen and oxygen atoms in total. The van der Waals surface area contributed by atoms with Gasteiger partial charge in [-0.15, -0.1) is 0 Å². The quantitative estimate of drug-likeness (QED) is 0.928. The van der Waals surface area contributed by atoms with Crippen molar-refractivity contribution < 1.29 is 0 Å². The molecule has 1 saturated heterocycles. The number of aromatic nitrogens is 3. The van der Waals surface area contributed by atoms with Crippen LogP contribution in [0.3, 0.4) is 0 Å². The number of hydrogen-bond acceptors (Lipinski definition) is 3. The second-order valence-electron chi connectivity index (χ2n) is 5.46. The van der Waals surface area contributed by atoms with Crippen molar-refractivity contribution in [3.63, 3.8) is 0 Å². The lowest BCUT2D eigenvalue weighted by atomic mass is 10.0. The number of piperidine rings is 1. The first-order valence-electron chi connectivity index (χ1n) is 7.56. The molecular weight excluding hydrogens is 248 g/mol. The summed E-state index contributed by atoms with van der Waals surface area (Å²) in [4.78, 5) is 7.15. The lowest BCUT2D eigenvalue weighted by molar-refractivity contribution is 0.134. The number of hydrogen-bond donors (Lipinski definition) is 1. The highest BCUT2D eigenvalue weighted by molar-refractivity contribution is 5.15. The number of benzene rings is 1. The van der Waals surface area contributed by atoms with Gasteiger partial charge in [0, 0.05) is 13.0 Å². The Kier molecular flexibility index (Phi) is 4.11. The van der Waals surface area contributed by atoms with Gasteiger partial charge >= 0.3 is 0 Å². The van der Waals surface area contributed by atoms with E-state index in [4.69, 9.17) is 0 Å². The summed E-state index contributed by atoms with van der Waals surface area (Å²) >= 11 is 0. The molecule has 1 aliphatic heterocycles. The molecule has 1 unspecified atom stereocenters. The minimum atomic E-state index is 0.362. The second kappa shape index (κ2) is 6.18. The highest BCUT2D eigenvalue weighted by Crippen LogP contribution is 2.30. The highest BCUT2D eigenvalue weighted by Gasteiger charge is 2.27. The van der Waals surface area contributed by atoms with Gasteiger partial charge in [-0.2, -0.15) is 5.10 Å². The van der Waals surface area contributed by atoms with Crippen LogP contribution in [-0.4, -0.2) is 26.6 Å². The van der Waals surface area contributed by atoms with Crippen LogP contribution in [-0.2, 0) is 13.0 Å². The molecule has 1 atom stereocenters. The Bertz CT molecular complexity index is 534. The fourth-order valence-electron chi connectivity index (χ4n) is 2.91. The normalized spacial score (nSPS) is 20.1. The van der Waals surface area contributed by atoms with Crippen LogP contribution in [0.15, 0.2) is 30.3 Å². The number of likely N-dealkylation sites (tertiary alicyclic amines) is 1. The monoisotopic (exact) mass is 270 g/mol. The Balaban J connectivity index is 1.76. The van der Waals surface area contributed by atoms with Crippen LogP contribution in [0.25, 0.3) is 0 Å². The zero-order valence-corrected chi connectivity index (χ0v) is 12.0. The van der Waals surface area contributed by atoms with Crippen LogP contribution in [0.4, 0.5) is 0 Å². The Morgan fingerprint density at radius 1 is 1.25 bits per heavy atom. The molecular formula is C16H22N4. The van der Waals surface area contributed by atoms with E-state index in [2.05, 4.69) is 57.3 Å². The molecule has 1 aromatic carbocycles. The van der Waals surface area contributed by atoms with Crippen molar-refractivity contribution in [2.45, 2.75) is 45.2 Å². The van der Waals surface area contributed by atoms with E-state index in [0.29, 0.717) is 6.04 Å². The first kappa shape index (κ1) is 13.3. The average Bonchev–Trinajstić information content (AvgIpc) is 2.98. The van der Waals surface area contributed by atoms with Crippen molar-refractivity contribution in [3.05, 3.63) is 47.5 Å². The predicted molar refractivity (Wildman–Crippen MR) is 79.2 cm³/mol. The number of nitrogens with one attached hydrogen (secondary N) is 1. The third-order valence-electron chi connectivity index (χ3n) is 4.02. The molecule has 1 aromatic heterocycles. The van der Waals surface area contributed by atoms with Gasteiger partial charge in [0.15, 0.2) is 5.82 Å². The van der Waals surface area contributed by atoms with Gasteiger partial charge in [-0.05, 0) is 24.9 Å². The van der Waals surface area contributed by atoms with Gasteiger partial charge in [0.1, 0.15) is 5.82 Å². The Hall–Kier alpha value is -1.68. The topological polar surface area (TPSA) is 44.8 Å². The Labute approximate surface area is 120 Å². The molecule has 0 bridgehead atoms. The van der Waals surface area contributed by atoms with E-state index < -0.39 is 0 Å². The number of rotatable bonds is 4. The minimum absolute atomic E-state index is 0.362. The van der Waals surface area contributed by atoms with Gasteiger partial charge in [0.05, 0.1) is 6.04 Å². The molecule has 0 radical (unpaired) electrons. The summed E-state index contributed by atoms with van der Waals surface area (Å²) in [5.41, 5.74) is 1.37. The number of aryl methyl sites for hydroxylation is 1. The minimum Gasteiger partial charge on any atom is -0.289 e. The first-order valence-corrected chi connectivity index (χ1v) is 7.56. The number of nitrogens with zero attached hydrogens (tertiary/aromatic N) is 3. The molecule has 0 aliphatic carbocycles. The van der Waals surface area contributed by atoms with Crippen molar-refractivity contribution in [2.75, 3.05) is 6.54 Å². The SMILES string of the molecule is CCc1nc(C2CCCCN2Cc2ccccc2)n[nH]1. The van der Waals surface area contributed by atoms with Gasteiger partial charge < -0.3 is 0 Å². The van der Waals surface area contributed by atoms with Crippen LogP contribution in [0.2, 0.25) is 0 Å². The molecule has 106 valence electrons. The summed E-state index contributed by atoms with van der Waals surface area (Å²) in [7, 11) is 0. The molecule has 0 amide bonds. The van der Waals surface area contributed by atoms with Crippen molar-refractivity contribution in [1.29, 1.82) is 0 Å². The lowest BCUT2D eigenvalue weighted by Crippen LogP contribution is -2.33. The summed E-state index contributed by atoms with van der Waals surface area (Å²) in [5, 5.41) is 7.47. The van der Waals surface area contributed by atoms with E-state index in [1.165, 1.54) is 18.4 Å². The summed E-state index contributed by atoms with van der Waals surface area (Å²) in [6.07, 6.45) is 4.62. The standard InChI is InChI=1S/C16H22N4/c1-2-15-17-16(19-18-15)14-10-6-7-11-20(14)12-13-8-4-3-5-9-13/h3-5,8-9,14H,2,6-7,10-12H2,1H3,(H,17,18,19). The molecule has 0 spiro atoms. The molecule has 1 N–H and O–H groups in total. The van der Waals surface area contributed by atoms with Crippen molar-refractivity contribution in [1.82, 2.24) is 20.1 Å². The lowest BCUT2D eigenvalue weighted by Gasteiger charge is -2.34. The summed E-state index contributed by atoms with van der Waals surface area (Å²) in [6, 6.07) is 11.0. The molecule has 2 heterocycles. The van der Waals surface area contributed by atoms with Gasteiger partial charge in [0.2, 0.25) is 0 Å². The number of aromatic amines is 1.